The summed E-state index contributed by atoms with van der Waals surface area (Å²) in [5.74, 6) is 0.845. The van der Waals surface area contributed by atoms with Crippen molar-refractivity contribution in [2.75, 3.05) is 36.4 Å². The third-order valence-electron chi connectivity index (χ3n) is 5.34. The van der Waals surface area contributed by atoms with Crippen molar-refractivity contribution < 1.29 is 4.79 Å². The van der Waals surface area contributed by atoms with E-state index in [0.717, 1.165) is 35.2 Å². The van der Waals surface area contributed by atoms with Crippen LogP contribution in [-0.4, -0.2) is 47.3 Å². The van der Waals surface area contributed by atoms with E-state index < -0.39 is 0 Å². The van der Waals surface area contributed by atoms with Gasteiger partial charge in [0, 0.05) is 31.7 Å². The SMILES string of the molecule is O=C(Nc1cccs1)N1CCN(c2ccc(-c3ccc4ccccc4c3)nn2)CC1. The van der Waals surface area contributed by atoms with Crippen molar-refractivity contribution >= 4 is 39.0 Å². The highest BCUT2D eigenvalue weighted by Crippen LogP contribution is 2.24. The number of anilines is 2. The number of piperazine rings is 1. The van der Waals surface area contributed by atoms with E-state index in [1.54, 1.807) is 0 Å². The summed E-state index contributed by atoms with van der Waals surface area (Å²) >= 11 is 1.53. The summed E-state index contributed by atoms with van der Waals surface area (Å²) < 4.78 is 0. The fourth-order valence-corrected chi connectivity index (χ4v) is 4.28. The summed E-state index contributed by atoms with van der Waals surface area (Å²) in [5.41, 5.74) is 1.92. The van der Waals surface area contributed by atoms with Crippen molar-refractivity contribution in [2.24, 2.45) is 0 Å². The van der Waals surface area contributed by atoms with Crippen molar-refractivity contribution in [1.29, 1.82) is 0 Å². The molecule has 0 unspecified atom stereocenters. The number of rotatable bonds is 3. The molecule has 4 aromatic rings. The average molecular weight is 416 g/mol. The molecule has 2 aromatic heterocycles. The summed E-state index contributed by atoms with van der Waals surface area (Å²) in [6, 6.07) is 22.5. The van der Waals surface area contributed by atoms with Gasteiger partial charge < -0.3 is 9.80 Å². The third-order valence-corrected chi connectivity index (χ3v) is 6.12. The lowest BCUT2D eigenvalue weighted by atomic mass is 10.1. The van der Waals surface area contributed by atoms with Crippen LogP contribution in [0.1, 0.15) is 0 Å². The van der Waals surface area contributed by atoms with E-state index in [9.17, 15) is 4.79 Å². The normalized spacial score (nSPS) is 14.1. The Morgan fingerprint density at radius 3 is 2.43 bits per heavy atom. The molecule has 0 bridgehead atoms. The molecule has 7 heteroatoms. The van der Waals surface area contributed by atoms with Gasteiger partial charge in [0.25, 0.3) is 0 Å². The van der Waals surface area contributed by atoms with Crippen LogP contribution in [0.5, 0.6) is 0 Å². The second kappa shape index (κ2) is 8.12. The van der Waals surface area contributed by atoms with Crippen LogP contribution in [0.2, 0.25) is 0 Å². The van der Waals surface area contributed by atoms with Gasteiger partial charge in [-0.2, -0.15) is 0 Å². The third kappa shape index (κ3) is 3.84. The van der Waals surface area contributed by atoms with Gasteiger partial charge in [-0.05, 0) is 46.5 Å². The number of thiophene rings is 1. The molecule has 0 radical (unpaired) electrons. The molecule has 0 atom stereocenters. The molecule has 2 amide bonds. The van der Waals surface area contributed by atoms with E-state index in [2.05, 4.69) is 50.7 Å². The maximum Gasteiger partial charge on any atom is 0.322 e. The lowest BCUT2D eigenvalue weighted by Gasteiger charge is -2.35. The molecule has 1 fully saturated rings. The molecule has 5 rings (SSSR count). The van der Waals surface area contributed by atoms with Gasteiger partial charge in [0.15, 0.2) is 5.82 Å². The molecule has 3 heterocycles. The Morgan fingerprint density at radius 2 is 1.70 bits per heavy atom. The Labute approximate surface area is 178 Å². The summed E-state index contributed by atoms with van der Waals surface area (Å²) in [4.78, 5) is 16.4. The monoisotopic (exact) mass is 415 g/mol. The standard InChI is InChI=1S/C23H21N5OS/c29-23(24-22-6-3-15-30-22)28-13-11-27(12-14-28)21-10-9-20(25-26-21)19-8-7-17-4-1-2-5-18(17)16-19/h1-10,15-16H,11-14H2,(H,24,29). The number of hydrogen-bond donors (Lipinski definition) is 1. The zero-order chi connectivity index (χ0) is 20.3. The molecule has 0 spiro atoms. The first-order valence-corrected chi connectivity index (χ1v) is 10.8. The minimum Gasteiger partial charge on any atom is -0.352 e. The smallest absolute Gasteiger partial charge is 0.322 e. The highest BCUT2D eigenvalue weighted by atomic mass is 32.1. The quantitative estimate of drug-likeness (QED) is 0.526. The number of fused-ring (bicyclic) bond motifs is 1. The molecule has 0 saturated carbocycles. The maximum atomic E-state index is 12.4. The first-order chi connectivity index (χ1) is 14.8. The minimum absolute atomic E-state index is 0.0464. The second-order valence-electron chi connectivity index (χ2n) is 7.22. The largest absolute Gasteiger partial charge is 0.352 e. The lowest BCUT2D eigenvalue weighted by Crippen LogP contribution is -2.50. The first-order valence-electron chi connectivity index (χ1n) is 9.93. The predicted molar refractivity (Wildman–Crippen MR) is 122 cm³/mol. The maximum absolute atomic E-state index is 12.4. The molecule has 150 valence electrons. The fourth-order valence-electron chi connectivity index (χ4n) is 3.67. The molecule has 2 aromatic carbocycles. The number of urea groups is 1. The van der Waals surface area contributed by atoms with Crippen molar-refractivity contribution in [3.05, 3.63) is 72.1 Å². The zero-order valence-electron chi connectivity index (χ0n) is 16.4. The molecule has 30 heavy (non-hydrogen) atoms. The number of nitrogens with one attached hydrogen (secondary N) is 1. The zero-order valence-corrected chi connectivity index (χ0v) is 17.2. The Hall–Kier alpha value is -3.45. The number of carbonyl (C=O) groups excluding carboxylic acids is 1. The van der Waals surface area contributed by atoms with Crippen molar-refractivity contribution in [2.45, 2.75) is 0 Å². The van der Waals surface area contributed by atoms with Crippen LogP contribution < -0.4 is 10.2 Å². The molecule has 1 aliphatic rings. The number of amides is 2. The van der Waals surface area contributed by atoms with Gasteiger partial charge in [-0.25, -0.2) is 4.79 Å². The van der Waals surface area contributed by atoms with E-state index in [0.29, 0.717) is 13.1 Å². The topological polar surface area (TPSA) is 61.4 Å². The molecular weight excluding hydrogens is 394 g/mol. The van der Waals surface area contributed by atoms with E-state index in [1.165, 1.54) is 22.1 Å². The van der Waals surface area contributed by atoms with Crippen LogP contribution in [0.3, 0.4) is 0 Å². The number of benzene rings is 2. The number of aromatic nitrogens is 2. The predicted octanol–water partition coefficient (Wildman–Crippen LogP) is 4.71. The Bertz CT molecular complexity index is 1150. The van der Waals surface area contributed by atoms with Crippen LogP contribution in [0, 0.1) is 0 Å². The highest BCUT2D eigenvalue weighted by molar-refractivity contribution is 7.14. The molecular formula is C23H21N5OS. The Morgan fingerprint density at radius 1 is 0.867 bits per heavy atom. The molecule has 1 aliphatic heterocycles. The van der Waals surface area contributed by atoms with Gasteiger partial charge in [0.05, 0.1) is 10.7 Å². The van der Waals surface area contributed by atoms with Crippen LogP contribution in [0.25, 0.3) is 22.0 Å². The number of hydrogen-bond acceptors (Lipinski definition) is 5. The van der Waals surface area contributed by atoms with Crippen molar-refractivity contribution in [3.63, 3.8) is 0 Å². The summed E-state index contributed by atoms with van der Waals surface area (Å²) in [7, 11) is 0. The molecule has 0 aliphatic carbocycles. The first kappa shape index (κ1) is 18.6. The van der Waals surface area contributed by atoms with Crippen LogP contribution in [0.15, 0.2) is 72.1 Å². The lowest BCUT2D eigenvalue weighted by molar-refractivity contribution is 0.208. The highest BCUT2D eigenvalue weighted by Gasteiger charge is 2.22. The van der Waals surface area contributed by atoms with Gasteiger partial charge in [-0.3, -0.25) is 5.32 Å². The summed E-state index contributed by atoms with van der Waals surface area (Å²) in [6.45, 7) is 2.79. The molecule has 1 saturated heterocycles. The van der Waals surface area contributed by atoms with Crippen LogP contribution in [-0.2, 0) is 0 Å². The summed E-state index contributed by atoms with van der Waals surface area (Å²) in [6.07, 6.45) is 0. The number of carbonyl (C=O) groups is 1. The van der Waals surface area contributed by atoms with Gasteiger partial charge in [-0.15, -0.1) is 21.5 Å². The van der Waals surface area contributed by atoms with Crippen LogP contribution >= 0.6 is 11.3 Å². The molecule has 1 N–H and O–H groups in total. The Kier molecular flexibility index (Phi) is 5.03. The van der Waals surface area contributed by atoms with Crippen molar-refractivity contribution in [3.8, 4) is 11.3 Å². The van der Waals surface area contributed by atoms with Gasteiger partial charge in [0.1, 0.15) is 0 Å². The minimum atomic E-state index is -0.0464. The van der Waals surface area contributed by atoms with Gasteiger partial charge in [-0.1, -0.05) is 36.4 Å². The average Bonchev–Trinajstić information content (AvgIpc) is 3.32. The van der Waals surface area contributed by atoms with E-state index in [4.69, 9.17) is 0 Å². The fraction of sp³-hybridized carbons (Fsp3) is 0.174. The summed E-state index contributed by atoms with van der Waals surface area (Å²) in [5, 5.41) is 17.1. The molecule has 6 nitrogen and oxygen atoms in total. The number of nitrogens with zero attached hydrogens (tertiary/aromatic N) is 4. The Balaban J connectivity index is 1.23. The van der Waals surface area contributed by atoms with E-state index in [1.807, 2.05) is 46.7 Å². The second-order valence-corrected chi connectivity index (χ2v) is 8.17. The van der Waals surface area contributed by atoms with Crippen molar-refractivity contribution in [1.82, 2.24) is 15.1 Å². The van der Waals surface area contributed by atoms with Gasteiger partial charge in [0.2, 0.25) is 0 Å². The van der Waals surface area contributed by atoms with E-state index in [-0.39, 0.29) is 6.03 Å². The van der Waals surface area contributed by atoms with Crippen LogP contribution in [0.4, 0.5) is 15.6 Å². The van der Waals surface area contributed by atoms with E-state index >= 15 is 0 Å². The van der Waals surface area contributed by atoms with Gasteiger partial charge >= 0.3 is 6.03 Å².